The van der Waals surface area contributed by atoms with Crippen LogP contribution in [0, 0.1) is 6.92 Å². The van der Waals surface area contributed by atoms with Gasteiger partial charge in [0.2, 0.25) is 0 Å². The Labute approximate surface area is 83.6 Å². The summed E-state index contributed by atoms with van der Waals surface area (Å²) in [6.07, 6.45) is 5.93. The van der Waals surface area contributed by atoms with E-state index in [0.717, 1.165) is 25.2 Å². The highest BCUT2D eigenvalue weighted by atomic mass is 15.0. The fourth-order valence-corrected chi connectivity index (χ4v) is 1.66. The molecule has 0 unspecified atom stereocenters. The Kier molecular flexibility index (Phi) is 2.50. The number of pyridine rings is 1. The van der Waals surface area contributed by atoms with Crippen LogP contribution in [0.4, 0.5) is 0 Å². The van der Waals surface area contributed by atoms with Crippen molar-refractivity contribution in [1.82, 2.24) is 9.38 Å². The minimum Gasteiger partial charge on any atom is -0.330 e. The van der Waals surface area contributed by atoms with Gasteiger partial charge in [0.05, 0.1) is 11.7 Å². The Balaban J connectivity index is 2.42. The highest BCUT2D eigenvalue weighted by molar-refractivity contribution is 5.53. The molecule has 0 fully saturated rings. The quantitative estimate of drug-likeness (QED) is 0.795. The van der Waals surface area contributed by atoms with Gasteiger partial charge in [-0.25, -0.2) is 4.98 Å². The van der Waals surface area contributed by atoms with Gasteiger partial charge in [0, 0.05) is 12.6 Å². The van der Waals surface area contributed by atoms with Gasteiger partial charge in [-0.3, -0.25) is 0 Å². The van der Waals surface area contributed by atoms with Crippen molar-refractivity contribution in [1.29, 1.82) is 0 Å². The number of nitrogens with two attached hydrogens (primary N) is 1. The van der Waals surface area contributed by atoms with Crippen LogP contribution in [-0.2, 0) is 6.42 Å². The zero-order valence-electron chi connectivity index (χ0n) is 8.40. The number of aryl methyl sites for hydroxylation is 2. The Hall–Kier alpha value is -1.35. The minimum absolute atomic E-state index is 0.723. The number of hydrogen-bond donors (Lipinski definition) is 1. The predicted molar refractivity (Wildman–Crippen MR) is 57.3 cm³/mol. The summed E-state index contributed by atoms with van der Waals surface area (Å²) in [6.45, 7) is 2.82. The van der Waals surface area contributed by atoms with Gasteiger partial charge in [-0.2, -0.15) is 0 Å². The van der Waals surface area contributed by atoms with Crippen LogP contribution in [-0.4, -0.2) is 15.9 Å². The summed E-state index contributed by atoms with van der Waals surface area (Å²) >= 11 is 0. The van der Waals surface area contributed by atoms with Crippen LogP contribution in [0.15, 0.2) is 24.5 Å². The summed E-state index contributed by atoms with van der Waals surface area (Å²) in [5.41, 5.74) is 7.94. The van der Waals surface area contributed by atoms with Crippen molar-refractivity contribution in [2.24, 2.45) is 5.73 Å². The standard InChI is InChI=1S/C11H15N3/c1-9-4-3-7-14-10(9)8-13-11(14)5-2-6-12/h3-4,7-8H,2,5-6,12H2,1H3. The molecule has 14 heavy (non-hydrogen) atoms. The molecule has 0 saturated heterocycles. The maximum Gasteiger partial charge on any atom is 0.113 e. The lowest BCUT2D eigenvalue weighted by Crippen LogP contribution is -2.03. The number of imidazole rings is 1. The second-order valence-electron chi connectivity index (χ2n) is 3.51. The normalized spacial score (nSPS) is 11.0. The molecule has 0 atom stereocenters. The smallest absolute Gasteiger partial charge is 0.113 e. The summed E-state index contributed by atoms with van der Waals surface area (Å²) in [5.74, 6) is 1.11. The van der Waals surface area contributed by atoms with Crippen LogP contribution >= 0.6 is 0 Å². The molecule has 0 aromatic carbocycles. The van der Waals surface area contributed by atoms with Crippen LogP contribution in [0.2, 0.25) is 0 Å². The van der Waals surface area contributed by atoms with Crippen LogP contribution in [0.3, 0.4) is 0 Å². The zero-order chi connectivity index (χ0) is 9.97. The van der Waals surface area contributed by atoms with E-state index in [4.69, 9.17) is 5.73 Å². The summed E-state index contributed by atoms with van der Waals surface area (Å²) in [5, 5.41) is 0. The van der Waals surface area contributed by atoms with Crippen molar-refractivity contribution in [2.45, 2.75) is 19.8 Å². The zero-order valence-corrected chi connectivity index (χ0v) is 8.40. The van der Waals surface area contributed by atoms with Crippen molar-refractivity contribution >= 4 is 5.52 Å². The van der Waals surface area contributed by atoms with E-state index in [1.165, 1.54) is 11.1 Å². The molecule has 3 heteroatoms. The lowest BCUT2D eigenvalue weighted by atomic mass is 10.2. The molecule has 2 N–H and O–H groups in total. The Morgan fingerprint density at radius 2 is 2.36 bits per heavy atom. The highest BCUT2D eigenvalue weighted by Gasteiger charge is 2.03. The largest absolute Gasteiger partial charge is 0.330 e. The summed E-state index contributed by atoms with van der Waals surface area (Å²) in [6, 6.07) is 4.15. The van der Waals surface area contributed by atoms with E-state index in [9.17, 15) is 0 Å². The van der Waals surface area contributed by atoms with Gasteiger partial charge < -0.3 is 10.1 Å². The molecule has 2 aromatic rings. The topological polar surface area (TPSA) is 43.3 Å². The molecule has 0 bridgehead atoms. The second kappa shape index (κ2) is 3.80. The lowest BCUT2D eigenvalue weighted by Gasteiger charge is -2.01. The predicted octanol–water partition coefficient (Wildman–Crippen LogP) is 1.53. The molecule has 0 amide bonds. The van der Waals surface area contributed by atoms with Gasteiger partial charge >= 0.3 is 0 Å². The van der Waals surface area contributed by atoms with Crippen LogP contribution in [0.5, 0.6) is 0 Å². The van der Waals surface area contributed by atoms with E-state index >= 15 is 0 Å². The summed E-state index contributed by atoms with van der Waals surface area (Å²) in [4.78, 5) is 4.40. The van der Waals surface area contributed by atoms with E-state index in [0.29, 0.717) is 0 Å². The molecular weight excluding hydrogens is 174 g/mol. The Morgan fingerprint density at radius 3 is 3.14 bits per heavy atom. The molecule has 2 heterocycles. The van der Waals surface area contributed by atoms with Crippen molar-refractivity contribution in [3.8, 4) is 0 Å². The van der Waals surface area contributed by atoms with Crippen LogP contribution < -0.4 is 5.73 Å². The molecule has 2 rings (SSSR count). The van der Waals surface area contributed by atoms with Crippen molar-refractivity contribution in [3.63, 3.8) is 0 Å². The number of fused-ring (bicyclic) bond motifs is 1. The molecule has 74 valence electrons. The molecule has 0 aliphatic heterocycles. The Bertz CT molecular complexity index is 431. The third kappa shape index (κ3) is 1.51. The molecule has 0 aliphatic rings. The molecule has 2 aromatic heterocycles. The van der Waals surface area contributed by atoms with Gasteiger partial charge in [0.25, 0.3) is 0 Å². The van der Waals surface area contributed by atoms with Crippen molar-refractivity contribution in [3.05, 3.63) is 35.9 Å². The summed E-state index contributed by atoms with van der Waals surface area (Å²) in [7, 11) is 0. The first-order valence-corrected chi connectivity index (χ1v) is 4.94. The van der Waals surface area contributed by atoms with Gasteiger partial charge in [0.1, 0.15) is 5.82 Å². The number of aromatic nitrogens is 2. The molecule has 0 spiro atoms. The molecule has 0 saturated carbocycles. The Morgan fingerprint density at radius 1 is 1.50 bits per heavy atom. The van der Waals surface area contributed by atoms with E-state index in [-0.39, 0.29) is 0 Å². The number of hydrogen-bond acceptors (Lipinski definition) is 2. The first-order valence-electron chi connectivity index (χ1n) is 4.94. The summed E-state index contributed by atoms with van der Waals surface area (Å²) < 4.78 is 2.14. The van der Waals surface area contributed by atoms with Crippen LogP contribution in [0.1, 0.15) is 17.8 Å². The minimum atomic E-state index is 0.723. The van der Waals surface area contributed by atoms with E-state index < -0.39 is 0 Å². The van der Waals surface area contributed by atoms with Gasteiger partial charge in [-0.05, 0) is 31.5 Å². The van der Waals surface area contributed by atoms with E-state index in [1.807, 2.05) is 6.20 Å². The molecule has 0 radical (unpaired) electrons. The highest BCUT2D eigenvalue weighted by Crippen LogP contribution is 2.12. The van der Waals surface area contributed by atoms with Gasteiger partial charge in [0.15, 0.2) is 0 Å². The molecule has 0 aliphatic carbocycles. The SMILES string of the molecule is Cc1cccn2c(CCCN)ncc12. The maximum atomic E-state index is 5.48. The van der Waals surface area contributed by atoms with Gasteiger partial charge in [-0.1, -0.05) is 6.07 Å². The number of rotatable bonds is 3. The average molecular weight is 189 g/mol. The van der Waals surface area contributed by atoms with E-state index in [1.54, 1.807) is 0 Å². The van der Waals surface area contributed by atoms with E-state index in [2.05, 4.69) is 34.6 Å². The first-order chi connectivity index (χ1) is 6.83. The van der Waals surface area contributed by atoms with Crippen molar-refractivity contribution < 1.29 is 0 Å². The second-order valence-corrected chi connectivity index (χ2v) is 3.51. The maximum absolute atomic E-state index is 5.48. The third-order valence-corrected chi connectivity index (χ3v) is 2.46. The molecular formula is C11H15N3. The third-order valence-electron chi connectivity index (χ3n) is 2.46. The number of nitrogens with zero attached hydrogens (tertiary/aromatic N) is 2. The first kappa shape index (κ1) is 9.21. The van der Waals surface area contributed by atoms with Crippen LogP contribution in [0.25, 0.3) is 5.52 Å². The monoisotopic (exact) mass is 189 g/mol. The fraction of sp³-hybridized carbons (Fsp3) is 0.364. The average Bonchev–Trinajstić information content (AvgIpc) is 2.60. The van der Waals surface area contributed by atoms with Crippen molar-refractivity contribution in [2.75, 3.05) is 6.54 Å². The molecule has 3 nitrogen and oxygen atoms in total. The lowest BCUT2D eigenvalue weighted by molar-refractivity contribution is 0.778. The van der Waals surface area contributed by atoms with Gasteiger partial charge in [-0.15, -0.1) is 0 Å². The fourth-order valence-electron chi connectivity index (χ4n) is 1.66.